The summed E-state index contributed by atoms with van der Waals surface area (Å²) in [5, 5.41) is 0. The number of hydrogen-bond acceptors (Lipinski definition) is 0. The van der Waals surface area contributed by atoms with Gasteiger partial charge in [0.15, 0.2) is 0 Å². The maximum Gasteiger partial charge on any atom is 0.129 e. The number of hydrogen-bond donors (Lipinski definition) is 0. The van der Waals surface area contributed by atoms with E-state index in [1.807, 2.05) is 37.3 Å². The van der Waals surface area contributed by atoms with Gasteiger partial charge < -0.3 is 0 Å². The first-order chi connectivity index (χ1) is 11.9. The minimum Gasteiger partial charge on any atom is -0.207 e. The summed E-state index contributed by atoms with van der Waals surface area (Å²) < 4.78 is 41.7. The van der Waals surface area contributed by atoms with Crippen molar-refractivity contribution in [2.45, 2.75) is 26.7 Å². The number of benzene rings is 3. The van der Waals surface area contributed by atoms with E-state index in [1.165, 1.54) is 30.7 Å². The molecule has 0 atom stereocenters. The van der Waals surface area contributed by atoms with Gasteiger partial charge in [0.05, 0.1) is 0 Å². The SMILES string of the molecule is Cc1ccc(Cc2ccc(Cc3cc(F)c(C)c(F)c3)c(F)c2)cc1. The maximum absolute atomic E-state index is 14.4. The summed E-state index contributed by atoms with van der Waals surface area (Å²) in [6.45, 7) is 3.41. The Labute approximate surface area is 146 Å². The van der Waals surface area contributed by atoms with Crippen molar-refractivity contribution in [1.82, 2.24) is 0 Å². The van der Waals surface area contributed by atoms with Gasteiger partial charge in [-0.1, -0.05) is 42.0 Å². The Bertz CT molecular complexity index is 873. The molecule has 0 heterocycles. The fraction of sp³-hybridized carbons (Fsp3) is 0.182. The van der Waals surface area contributed by atoms with Gasteiger partial charge in [-0.25, -0.2) is 13.2 Å². The summed E-state index contributed by atoms with van der Waals surface area (Å²) in [4.78, 5) is 0. The van der Waals surface area contributed by atoms with E-state index >= 15 is 0 Å². The average molecular weight is 340 g/mol. The van der Waals surface area contributed by atoms with Crippen molar-refractivity contribution >= 4 is 0 Å². The van der Waals surface area contributed by atoms with Crippen LogP contribution in [0.4, 0.5) is 13.2 Å². The van der Waals surface area contributed by atoms with Crippen molar-refractivity contribution in [3.05, 3.63) is 105 Å². The second-order valence-electron chi connectivity index (χ2n) is 6.45. The third-order valence-electron chi connectivity index (χ3n) is 4.38. The molecule has 0 nitrogen and oxygen atoms in total. The van der Waals surface area contributed by atoms with Gasteiger partial charge in [-0.05, 0) is 60.7 Å². The van der Waals surface area contributed by atoms with Gasteiger partial charge >= 0.3 is 0 Å². The van der Waals surface area contributed by atoms with E-state index < -0.39 is 11.6 Å². The minimum absolute atomic E-state index is 0.0160. The zero-order valence-electron chi connectivity index (χ0n) is 14.2. The molecule has 0 unspecified atom stereocenters. The summed E-state index contributed by atoms with van der Waals surface area (Å²) in [5.41, 5.74) is 3.99. The van der Waals surface area contributed by atoms with Crippen LogP contribution < -0.4 is 0 Å². The van der Waals surface area contributed by atoms with Crippen molar-refractivity contribution in [3.63, 3.8) is 0 Å². The summed E-state index contributed by atoms with van der Waals surface area (Å²) in [6.07, 6.45) is 0.802. The fourth-order valence-electron chi connectivity index (χ4n) is 2.81. The van der Waals surface area contributed by atoms with E-state index in [-0.39, 0.29) is 17.8 Å². The lowest BCUT2D eigenvalue weighted by molar-refractivity contribution is 0.564. The molecule has 0 spiro atoms. The first-order valence-corrected chi connectivity index (χ1v) is 8.20. The van der Waals surface area contributed by atoms with Crippen LogP contribution in [0, 0.1) is 31.3 Å². The van der Waals surface area contributed by atoms with E-state index in [0.29, 0.717) is 17.5 Å². The Hall–Kier alpha value is -2.55. The quantitative estimate of drug-likeness (QED) is 0.554. The molecule has 3 rings (SSSR count). The molecule has 0 aliphatic carbocycles. The highest BCUT2D eigenvalue weighted by atomic mass is 19.1. The first kappa shape index (κ1) is 17.3. The van der Waals surface area contributed by atoms with E-state index in [2.05, 4.69) is 0 Å². The van der Waals surface area contributed by atoms with Crippen molar-refractivity contribution in [3.8, 4) is 0 Å². The van der Waals surface area contributed by atoms with Crippen LogP contribution in [0.2, 0.25) is 0 Å². The molecule has 0 N–H and O–H groups in total. The first-order valence-electron chi connectivity index (χ1n) is 8.20. The van der Waals surface area contributed by atoms with Gasteiger partial charge in [-0.3, -0.25) is 0 Å². The van der Waals surface area contributed by atoms with Crippen LogP contribution in [-0.4, -0.2) is 0 Å². The number of aryl methyl sites for hydroxylation is 1. The highest BCUT2D eigenvalue weighted by Gasteiger charge is 2.10. The van der Waals surface area contributed by atoms with Crippen LogP contribution in [0.3, 0.4) is 0 Å². The number of halogens is 3. The van der Waals surface area contributed by atoms with Gasteiger partial charge in [0.25, 0.3) is 0 Å². The molecule has 0 aliphatic rings. The van der Waals surface area contributed by atoms with Crippen LogP contribution in [0.25, 0.3) is 0 Å². The second kappa shape index (κ2) is 7.14. The summed E-state index contributed by atoms with van der Waals surface area (Å²) >= 11 is 0. The van der Waals surface area contributed by atoms with Crippen molar-refractivity contribution in [2.75, 3.05) is 0 Å². The molecule has 0 radical (unpaired) electrons. The van der Waals surface area contributed by atoms with Crippen molar-refractivity contribution < 1.29 is 13.2 Å². The minimum atomic E-state index is -0.605. The fourth-order valence-corrected chi connectivity index (χ4v) is 2.81. The molecule has 0 amide bonds. The average Bonchev–Trinajstić information content (AvgIpc) is 2.57. The zero-order chi connectivity index (χ0) is 18.0. The Morgan fingerprint density at radius 1 is 0.600 bits per heavy atom. The summed E-state index contributed by atoms with van der Waals surface area (Å²) in [5.74, 6) is -1.57. The molecule has 0 aromatic heterocycles. The molecule has 0 bridgehead atoms. The van der Waals surface area contributed by atoms with Gasteiger partial charge in [0.2, 0.25) is 0 Å². The monoisotopic (exact) mass is 340 g/mol. The van der Waals surface area contributed by atoms with Crippen LogP contribution in [-0.2, 0) is 12.8 Å². The third-order valence-corrected chi connectivity index (χ3v) is 4.38. The van der Waals surface area contributed by atoms with Crippen molar-refractivity contribution in [1.29, 1.82) is 0 Å². The second-order valence-corrected chi connectivity index (χ2v) is 6.45. The summed E-state index contributed by atoms with van der Waals surface area (Å²) in [7, 11) is 0. The Kier molecular flexibility index (Phi) is 4.93. The Morgan fingerprint density at radius 2 is 1.16 bits per heavy atom. The van der Waals surface area contributed by atoms with Gasteiger partial charge in [-0.2, -0.15) is 0 Å². The molecule has 3 aromatic rings. The highest BCUT2D eigenvalue weighted by Crippen LogP contribution is 2.20. The predicted octanol–water partition coefficient (Wildman–Crippen LogP) is 5.90. The molecule has 0 fully saturated rings. The lowest BCUT2D eigenvalue weighted by atomic mass is 9.98. The largest absolute Gasteiger partial charge is 0.207 e. The van der Waals surface area contributed by atoms with Gasteiger partial charge in [-0.15, -0.1) is 0 Å². The van der Waals surface area contributed by atoms with E-state index in [1.54, 1.807) is 6.07 Å². The lowest BCUT2D eigenvalue weighted by Crippen LogP contribution is -1.98. The topological polar surface area (TPSA) is 0 Å². The molecule has 25 heavy (non-hydrogen) atoms. The maximum atomic E-state index is 14.4. The predicted molar refractivity (Wildman–Crippen MR) is 94.3 cm³/mol. The lowest BCUT2D eigenvalue weighted by Gasteiger charge is -2.09. The van der Waals surface area contributed by atoms with Gasteiger partial charge in [0.1, 0.15) is 17.5 Å². The van der Waals surface area contributed by atoms with E-state index in [4.69, 9.17) is 0 Å². The smallest absolute Gasteiger partial charge is 0.129 e. The van der Waals surface area contributed by atoms with Crippen LogP contribution in [0.5, 0.6) is 0 Å². The molecule has 0 saturated carbocycles. The Morgan fingerprint density at radius 3 is 1.76 bits per heavy atom. The number of rotatable bonds is 4. The molecular weight excluding hydrogens is 321 g/mol. The molecule has 128 valence electrons. The normalized spacial score (nSPS) is 10.9. The third kappa shape index (κ3) is 4.11. The molecule has 3 heteroatoms. The standard InChI is InChI=1S/C22H19F3/c1-14-3-5-16(6-4-14)9-17-7-8-19(22(25)11-17)10-18-12-20(23)15(2)21(24)13-18/h3-8,11-13H,9-10H2,1-2H3. The van der Waals surface area contributed by atoms with E-state index in [0.717, 1.165) is 11.1 Å². The highest BCUT2D eigenvalue weighted by molar-refractivity contribution is 5.35. The molecule has 0 saturated heterocycles. The van der Waals surface area contributed by atoms with Crippen LogP contribution in [0.15, 0.2) is 54.6 Å². The summed E-state index contributed by atoms with van der Waals surface area (Å²) in [6, 6.07) is 15.7. The van der Waals surface area contributed by atoms with Crippen molar-refractivity contribution in [2.24, 2.45) is 0 Å². The molecular formula is C22H19F3. The van der Waals surface area contributed by atoms with Gasteiger partial charge in [0, 0.05) is 12.0 Å². The Balaban J connectivity index is 1.79. The zero-order valence-corrected chi connectivity index (χ0v) is 14.2. The molecule has 0 aliphatic heterocycles. The molecule has 3 aromatic carbocycles. The van der Waals surface area contributed by atoms with E-state index in [9.17, 15) is 13.2 Å². The van der Waals surface area contributed by atoms with Crippen LogP contribution in [0.1, 0.15) is 33.4 Å². The van der Waals surface area contributed by atoms with Crippen LogP contribution >= 0.6 is 0 Å².